The second-order valence-electron chi connectivity index (χ2n) is 3.21. The fraction of sp³-hybridized carbons (Fsp3) is 0.750. The van der Waals surface area contributed by atoms with E-state index in [0.29, 0.717) is 6.42 Å². The van der Waals surface area contributed by atoms with Crippen LogP contribution in [0.3, 0.4) is 0 Å². The molecule has 74 valence electrons. The van der Waals surface area contributed by atoms with Gasteiger partial charge in [-0.25, -0.2) is 0 Å². The molecule has 1 heterocycles. The highest BCUT2D eigenvalue weighted by atomic mass is 16.5. The zero-order chi connectivity index (χ0) is 10.0. The molecule has 2 atom stereocenters. The number of hydrogen-bond acceptors (Lipinski definition) is 3. The van der Waals surface area contributed by atoms with Crippen LogP contribution in [0.15, 0.2) is 0 Å². The van der Waals surface area contributed by atoms with E-state index in [1.54, 1.807) is 14.0 Å². The Labute approximate surface area is 76.3 Å². The monoisotopic (exact) mass is 187 g/mol. The maximum Gasteiger partial charge on any atom is 0.305 e. The number of hydrogen-bond donors (Lipinski definition) is 1. The number of likely N-dealkylation sites (tertiary alicyclic amines) is 1. The normalized spacial score (nSPS) is 24.0. The van der Waals surface area contributed by atoms with Crippen LogP contribution in [0.2, 0.25) is 0 Å². The van der Waals surface area contributed by atoms with Crippen molar-refractivity contribution in [3.63, 3.8) is 0 Å². The predicted molar refractivity (Wildman–Crippen MR) is 44.0 cm³/mol. The van der Waals surface area contributed by atoms with Crippen molar-refractivity contribution in [2.75, 3.05) is 7.05 Å². The molecular weight excluding hydrogens is 174 g/mol. The Morgan fingerprint density at radius 3 is 2.85 bits per heavy atom. The van der Waals surface area contributed by atoms with Gasteiger partial charge >= 0.3 is 5.97 Å². The average molecular weight is 187 g/mol. The first-order valence-electron chi connectivity index (χ1n) is 4.13. The van der Waals surface area contributed by atoms with Crippen LogP contribution < -0.4 is 0 Å². The fourth-order valence-corrected chi connectivity index (χ4v) is 1.18. The molecule has 0 saturated carbocycles. The molecule has 1 saturated heterocycles. The van der Waals surface area contributed by atoms with Gasteiger partial charge in [0, 0.05) is 7.05 Å². The van der Waals surface area contributed by atoms with Gasteiger partial charge in [0.05, 0.1) is 18.9 Å². The summed E-state index contributed by atoms with van der Waals surface area (Å²) in [6.45, 7) is 1.69. The molecule has 1 aliphatic rings. The SMILES string of the molecule is CC(CC(=O)O)OC1CC(=O)N1C. The lowest BCUT2D eigenvalue weighted by Gasteiger charge is -2.38. The topological polar surface area (TPSA) is 66.8 Å². The number of aliphatic carboxylic acids is 1. The van der Waals surface area contributed by atoms with E-state index in [-0.39, 0.29) is 24.7 Å². The van der Waals surface area contributed by atoms with Crippen LogP contribution in [0.4, 0.5) is 0 Å². The lowest BCUT2D eigenvalue weighted by Crippen LogP contribution is -2.52. The Kier molecular flexibility index (Phi) is 2.87. The largest absolute Gasteiger partial charge is 0.481 e. The molecule has 5 heteroatoms. The van der Waals surface area contributed by atoms with Gasteiger partial charge in [-0.05, 0) is 6.92 Å². The van der Waals surface area contributed by atoms with E-state index in [1.807, 2.05) is 0 Å². The van der Waals surface area contributed by atoms with E-state index in [9.17, 15) is 9.59 Å². The van der Waals surface area contributed by atoms with Crippen molar-refractivity contribution < 1.29 is 19.4 Å². The van der Waals surface area contributed by atoms with E-state index in [1.165, 1.54) is 4.90 Å². The van der Waals surface area contributed by atoms with Crippen molar-refractivity contribution in [3.8, 4) is 0 Å². The Balaban J connectivity index is 2.25. The van der Waals surface area contributed by atoms with E-state index in [0.717, 1.165) is 0 Å². The third-order valence-corrected chi connectivity index (χ3v) is 2.03. The van der Waals surface area contributed by atoms with Crippen molar-refractivity contribution in [2.24, 2.45) is 0 Å². The molecule has 2 unspecified atom stereocenters. The summed E-state index contributed by atoms with van der Waals surface area (Å²) < 4.78 is 5.30. The third kappa shape index (κ3) is 2.42. The van der Waals surface area contributed by atoms with Gasteiger partial charge < -0.3 is 14.7 Å². The van der Waals surface area contributed by atoms with Crippen LogP contribution in [-0.2, 0) is 14.3 Å². The van der Waals surface area contributed by atoms with Crippen LogP contribution in [-0.4, -0.2) is 41.3 Å². The van der Waals surface area contributed by atoms with Gasteiger partial charge in [-0.15, -0.1) is 0 Å². The van der Waals surface area contributed by atoms with Crippen LogP contribution in [0.5, 0.6) is 0 Å². The van der Waals surface area contributed by atoms with Crippen LogP contribution in [0.1, 0.15) is 19.8 Å². The molecule has 5 nitrogen and oxygen atoms in total. The Morgan fingerprint density at radius 2 is 2.46 bits per heavy atom. The molecule has 0 aromatic rings. The number of carboxylic acids is 1. The summed E-state index contributed by atoms with van der Waals surface area (Å²) in [7, 11) is 1.64. The van der Waals surface area contributed by atoms with Crippen molar-refractivity contribution in [3.05, 3.63) is 0 Å². The zero-order valence-corrected chi connectivity index (χ0v) is 7.69. The van der Waals surface area contributed by atoms with Gasteiger partial charge in [-0.3, -0.25) is 9.59 Å². The number of carbonyl (C=O) groups is 2. The second kappa shape index (κ2) is 3.74. The molecule has 1 fully saturated rings. The predicted octanol–water partition coefficient (Wildman–Crippen LogP) is 0.0544. The van der Waals surface area contributed by atoms with Crippen LogP contribution in [0, 0.1) is 0 Å². The second-order valence-corrected chi connectivity index (χ2v) is 3.21. The molecule has 0 spiro atoms. The van der Waals surface area contributed by atoms with Gasteiger partial charge in [0.1, 0.15) is 6.23 Å². The molecule has 0 bridgehead atoms. The standard InChI is InChI=1S/C8H13NO4/c1-5(3-8(11)12)13-7-4-6(10)9(7)2/h5,7H,3-4H2,1-2H3,(H,11,12). The molecule has 1 amide bonds. The highest BCUT2D eigenvalue weighted by Gasteiger charge is 2.34. The number of ether oxygens (including phenoxy) is 1. The minimum atomic E-state index is -0.888. The summed E-state index contributed by atoms with van der Waals surface area (Å²) >= 11 is 0. The van der Waals surface area contributed by atoms with Gasteiger partial charge in [-0.2, -0.15) is 0 Å². The minimum Gasteiger partial charge on any atom is -0.481 e. The van der Waals surface area contributed by atoms with Crippen molar-refractivity contribution in [1.29, 1.82) is 0 Å². The van der Waals surface area contributed by atoms with Crippen molar-refractivity contribution in [1.82, 2.24) is 4.90 Å². The molecule has 13 heavy (non-hydrogen) atoms. The maximum absolute atomic E-state index is 10.8. The Morgan fingerprint density at radius 1 is 1.85 bits per heavy atom. The first kappa shape index (κ1) is 9.98. The highest BCUT2D eigenvalue weighted by molar-refractivity contribution is 5.82. The number of nitrogens with zero attached hydrogens (tertiary/aromatic N) is 1. The molecule has 0 aliphatic carbocycles. The van der Waals surface area contributed by atoms with E-state index in [2.05, 4.69) is 0 Å². The summed E-state index contributed by atoms with van der Waals surface area (Å²) in [5.74, 6) is -0.853. The first-order chi connectivity index (χ1) is 6.00. The van der Waals surface area contributed by atoms with Crippen molar-refractivity contribution >= 4 is 11.9 Å². The quantitative estimate of drug-likeness (QED) is 0.632. The third-order valence-electron chi connectivity index (χ3n) is 2.03. The first-order valence-corrected chi connectivity index (χ1v) is 4.13. The fourth-order valence-electron chi connectivity index (χ4n) is 1.18. The number of β-lactam (4-membered cyclic amide) rings is 1. The zero-order valence-electron chi connectivity index (χ0n) is 7.69. The summed E-state index contributed by atoms with van der Waals surface area (Å²) in [6, 6.07) is 0. The molecule has 1 N–H and O–H groups in total. The molecule has 0 aromatic heterocycles. The molecule has 1 rings (SSSR count). The minimum absolute atomic E-state index is 0.0292. The summed E-state index contributed by atoms with van der Waals surface area (Å²) in [5.41, 5.74) is 0. The van der Waals surface area contributed by atoms with Crippen LogP contribution >= 0.6 is 0 Å². The van der Waals surface area contributed by atoms with E-state index >= 15 is 0 Å². The van der Waals surface area contributed by atoms with Gasteiger partial charge in [0.2, 0.25) is 5.91 Å². The van der Waals surface area contributed by atoms with Crippen LogP contribution in [0.25, 0.3) is 0 Å². The lowest BCUT2D eigenvalue weighted by atomic mass is 10.2. The smallest absolute Gasteiger partial charge is 0.305 e. The summed E-state index contributed by atoms with van der Waals surface area (Å²) in [6.07, 6.45) is -0.251. The number of rotatable bonds is 4. The van der Waals surface area contributed by atoms with E-state index in [4.69, 9.17) is 9.84 Å². The maximum atomic E-state index is 10.8. The van der Waals surface area contributed by atoms with Gasteiger partial charge in [0.15, 0.2) is 0 Å². The molecule has 1 aliphatic heterocycles. The van der Waals surface area contributed by atoms with E-state index < -0.39 is 5.97 Å². The summed E-state index contributed by atoms with van der Waals surface area (Å²) in [5, 5.41) is 8.44. The van der Waals surface area contributed by atoms with Gasteiger partial charge in [-0.1, -0.05) is 0 Å². The molecule has 0 radical (unpaired) electrons. The Hall–Kier alpha value is -1.10. The average Bonchev–Trinajstić information content (AvgIpc) is 2.02. The summed E-state index contributed by atoms with van der Waals surface area (Å²) in [4.78, 5) is 22.5. The number of carbonyl (C=O) groups excluding carboxylic acids is 1. The van der Waals surface area contributed by atoms with Crippen molar-refractivity contribution in [2.45, 2.75) is 32.1 Å². The lowest BCUT2D eigenvalue weighted by molar-refractivity contribution is -0.179. The molecule has 0 aromatic carbocycles. The molecular formula is C8H13NO4. The number of carboxylic acid groups (broad SMARTS) is 1. The number of amides is 1. The Bertz CT molecular complexity index is 228. The van der Waals surface area contributed by atoms with Gasteiger partial charge in [0.25, 0.3) is 0 Å². The highest BCUT2D eigenvalue weighted by Crippen LogP contribution is 2.19.